The number of benzene rings is 3. The standard InChI is InChI=1S/C31H28BrNO6/c1-4-5-6-15-38-25-13-9-20(16-26(25)37-3)28-27-29(35)23-17-21(32)10-14-24(23)39-30(27)31(36)33(28)22-11-7-19(8-12-22)18(2)34/h7-14,16-17,28H,4-6,15H2,1-3H3. The number of unbranched alkanes of at least 4 members (excludes halogenated alkanes) is 2. The molecule has 0 saturated carbocycles. The molecule has 0 spiro atoms. The Morgan fingerprint density at radius 3 is 2.46 bits per heavy atom. The van der Waals surface area contributed by atoms with E-state index in [9.17, 15) is 14.4 Å². The van der Waals surface area contributed by atoms with Crippen LogP contribution in [0.3, 0.4) is 0 Å². The molecule has 0 N–H and O–H groups in total. The van der Waals surface area contributed by atoms with Gasteiger partial charge < -0.3 is 13.9 Å². The zero-order chi connectivity index (χ0) is 27.7. The third-order valence-electron chi connectivity index (χ3n) is 6.89. The molecule has 0 aliphatic carbocycles. The van der Waals surface area contributed by atoms with Crippen LogP contribution in [0.1, 0.15) is 71.2 Å². The van der Waals surface area contributed by atoms with Gasteiger partial charge in [0.15, 0.2) is 22.7 Å². The van der Waals surface area contributed by atoms with E-state index in [4.69, 9.17) is 13.9 Å². The second-order valence-electron chi connectivity index (χ2n) is 9.46. The van der Waals surface area contributed by atoms with E-state index in [1.165, 1.54) is 11.8 Å². The van der Waals surface area contributed by atoms with E-state index in [0.717, 1.165) is 23.7 Å². The number of Topliss-reactive ketones (excluding diaryl/α,β-unsaturated/α-hetero) is 1. The van der Waals surface area contributed by atoms with Gasteiger partial charge in [0, 0.05) is 15.7 Å². The van der Waals surface area contributed by atoms with Crippen molar-refractivity contribution < 1.29 is 23.5 Å². The molecule has 4 aromatic rings. The van der Waals surface area contributed by atoms with E-state index in [2.05, 4.69) is 22.9 Å². The van der Waals surface area contributed by atoms with Crippen molar-refractivity contribution in [3.05, 3.63) is 97.8 Å². The fourth-order valence-corrected chi connectivity index (χ4v) is 5.25. The molecule has 1 unspecified atom stereocenters. The van der Waals surface area contributed by atoms with Crippen LogP contribution in [0.25, 0.3) is 11.0 Å². The molecule has 0 bridgehead atoms. The molecular formula is C31H28BrNO6. The maximum Gasteiger partial charge on any atom is 0.295 e. The lowest BCUT2D eigenvalue weighted by atomic mass is 9.97. The number of halogens is 1. The van der Waals surface area contributed by atoms with E-state index in [-0.39, 0.29) is 22.5 Å². The van der Waals surface area contributed by atoms with E-state index in [1.54, 1.807) is 61.7 Å². The summed E-state index contributed by atoms with van der Waals surface area (Å²) < 4.78 is 18.4. The monoisotopic (exact) mass is 589 g/mol. The van der Waals surface area contributed by atoms with Gasteiger partial charge in [-0.2, -0.15) is 0 Å². The SMILES string of the molecule is CCCCCOc1ccc(C2c3c(oc4ccc(Br)cc4c3=O)C(=O)N2c2ccc(C(C)=O)cc2)cc1OC. The summed E-state index contributed by atoms with van der Waals surface area (Å²) in [5.74, 6) is 0.571. The van der Waals surface area contributed by atoms with Crippen LogP contribution in [0, 0.1) is 0 Å². The lowest BCUT2D eigenvalue weighted by Gasteiger charge is -2.26. The number of amides is 1. The summed E-state index contributed by atoms with van der Waals surface area (Å²) in [4.78, 5) is 41.1. The highest BCUT2D eigenvalue weighted by Crippen LogP contribution is 2.43. The summed E-state index contributed by atoms with van der Waals surface area (Å²) in [6.07, 6.45) is 3.09. The third-order valence-corrected chi connectivity index (χ3v) is 7.39. The molecule has 3 aromatic carbocycles. The van der Waals surface area contributed by atoms with Crippen LogP contribution in [-0.2, 0) is 0 Å². The van der Waals surface area contributed by atoms with Crippen LogP contribution in [0.4, 0.5) is 5.69 Å². The first-order valence-electron chi connectivity index (χ1n) is 12.9. The van der Waals surface area contributed by atoms with Crippen LogP contribution in [0.2, 0.25) is 0 Å². The fraction of sp³-hybridized carbons (Fsp3) is 0.258. The average Bonchev–Trinajstić information content (AvgIpc) is 3.23. The summed E-state index contributed by atoms with van der Waals surface area (Å²) in [5.41, 5.74) is 2.02. The maximum absolute atomic E-state index is 13.9. The van der Waals surface area contributed by atoms with Gasteiger partial charge in [-0.25, -0.2) is 0 Å². The van der Waals surface area contributed by atoms with Gasteiger partial charge in [0.2, 0.25) is 5.76 Å². The first kappa shape index (κ1) is 26.7. The van der Waals surface area contributed by atoms with Gasteiger partial charge in [-0.15, -0.1) is 0 Å². The van der Waals surface area contributed by atoms with Crippen molar-refractivity contribution in [1.82, 2.24) is 0 Å². The summed E-state index contributed by atoms with van der Waals surface area (Å²) in [5, 5.41) is 0.373. The number of hydrogen-bond acceptors (Lipinski definition) is 6. The topological polar surface area (TPSA) is 86.0 Å². The second-order valence-corrected chi connectivity index (χ2v) is 10.4. The number of rotatable bonds is 9. The van der Waals surface area contributed by atoms with Gasteiger partial charge in [0.1, 0.15) is 5.58 Å². The van der Waals surface area contributed by atoms with Crippen molar-refractivity contribution in [3.63, 3.8) is 0 Å². The number of ether oxygens (including phenoxy) is 2. The Kier molecular flexibility index (Phi) is 7.57. The highest BCUT2D eigenvalue weighted by Gasteiger charge is 2.44. The summed E-state index contributed by atoms with van der Waals surface area (Å²) in [7, 11) is 1.56. The van der Waals surface area contributed by atoms with E-state index in [0.29, 0.717) is 45.9 Å². The van der Waals surface area contributed by atoms with Crippen LogP contribution in [0.5, 0.6) is 11.5 Å². The number of hydrogen-bond donors (Lipinski definition) is 0. The molecule has 5 rings (SSSR count). The quantitative estimate of drug-likeness (QED) is 0.153. The number of anilines is 1. The number of ketones is 1. The molecule has 2 heterocycles. The Hall–Kier alpha value is -3.91. The van der Waals surface area contributed by atoms with E-state index < -0.39 is 11.9 Å². The lowest BCUT2D eigenvalue weighted by molar-refractivity contribution is 0.0970. The highest BCUT2D eigenvalue weighted by molar-refractivity contribution is 9.10. The molecule has 8 heteroatoms. The van der Waals surface area contributed by atoms with Gasteiger partial charge >= 0.3 is 0 Å². The zero-order valence-corrected chi connectivity index (χ0v) is 23.5. The molecule has 1 aliphatic heterocycles. The van der Waals surface area contributed by atoms with Gasteiger partial charge in [0.05, 0.1) is 30.7 Å². The summed E-state index contributed by atoms with van der Waals surface area (Å²) in [6, 6.07) is 16.5. The Morgan fingerprint density at radius 1 is 1.00 bits per heavy atom. The van der Waals surface area contributed by atoms with E-state index in [1.807, 2.05) is 6.07 Å². The molecule has 7 nitrogen and oxygen atoms in total. The highest BCUT2D eigenvalue weighted by atomic mass is 79.9. The molecule has 1 aliphatic rings. The summed E-state index contributed by atoms with van der Waals surface area (Å²) >= 11 is 3.43. The Morgan fingerprint density at radius 2 is 1.77 bits per heavy atom. The number of fused-ring (bicyclic) bond motifs is 2. The minimum atomic E-state index is -0.779. The molecule has 1 atom stereocenters. The Balaban J connectivity index is 1.67. The largest absolute Gasteiger partial charge is 0.493 e. The normalized spacial score (nSPS) is 14.5. The van der Waals surface area contributed by atoms with Crippen molar-refractivity contribution >= 4 is 44.3 Å². The average molecular weight is 590 g/mol. The van der Waals surface area contributed by atoms with Gasteiger partial charge in [-0.1, -0.05) is 41.8 Å². The molecule has 1 amide bonds. The summed E-state index contributed by atoms with van der Waals surface area (Å²) in [6.45, 7) is 4.18. The van der Waals surface area contributed by atoms with Crippen LogP contribution in [0.15, 0.2) is 74.3 Å². The molecule has 0 radical (unpaired) electrons. The zero-order valence-electron chi connectivity index (χ0n) is 22.0. The molecule has 39 heavy (non-hydrogen) atoms. The van der Waals surface area contributed by atoms with Crippen molar-refractivity contribution in [2.24, 2.45) is 0 Å². The number of methoxy groups -OCH3 is 1. The van der Waals surface area contributed by atoms with E-state index >= 15 is 0 Å². The molecular weight excluding hydrogens is 562 g/mol. The van der Waals surface area contributed by atoms with Crippen molar-refractivity contribution in [2.45, 2.75) is 39.2 Å². The number of carbonyl (C=O) groups is 2. The predicted molar refractivity (Wildman–Crippen MR) is 153 cm³/mol. The Labute approximate surface area is 234 Å². The third kappa shape index (κ3) is 4.96. The van der Waals surface area contributed by atoms with Gasteiger partial charge in [-0.3, -0.25) is 19.3 Å². The van der Waals surface area contributed by atoms with Crippen LogP contribution in [-0.4, -0.2) is 25.4 Å². The van der Waals surface area contributed by atoms with Gasteiger partial charge in [-0.05, 0) is 73.5 Å². The predicted octanol–water partition coefficient (Wildman–Crippen LogP) is 7.09. The molecule has 200 valence electrons. The fourth-order valence-electron chi connectivity index (χ4n) is 4.89. The minimum absolute atomic E-state index is 0.00525. The van der Waals surface area contributed by atoms with Crippen LogP contribution >= 0.6 is 15.9 Å². The van der Waals surface area contributed by atoms with Gasteiger partial charge in [0.25, 0.3) is 5.91 Å². The van der Waals surface area contributed by atoms with Crippen molar-refractivity contribution in [3.8, 4) is 11.5 Å². The first-order chi connectivity index (χ1) is 18.8. The lowest BCUT2D eigenvalue weighted by Crippen LogP contribution is -2.29. The number of nitrogens with zero attached hydrogens (tertiary/aromatic N) is 1. The maximum atomic E-state index is 13.9. The molecule has 0 saturated heterocycles. The molecule has 0 fully saturated rings. The molecule has 1 aromatic heterocycles. The number of carbonyl (C=O) groups excluding carboxylic acids is 2. The second kappa shape index (κ2) is 11.1. The minimum Gasteiger partial charge on any atom is -0.493 e. The Bertz CT molecular complexity index is 1630. The van der Waals surface area contributed by atoms with Crippen molar-refractivity contribution in [2.75, 3.05) is 18.6 Å². The van der Waals surface area contributed by atoms with Crippen LogP contribution < -0.4 is 19.8 Å². The van der Waals surface area contributed by atoms with Crippen molar-refractivity contribution in [1.29, 1.82) is 0 Å². The smallest absolute Gasteiger partial charge is 0.295 e. The first-order valence-corrected chi connectivity index (χ1v) is 13.6.